The molecule has 2 heterocycles. The molecule has 4 rings (SSSR count). The molecule has 0 aliphatic carbocycles. The van der Waals surface area contributed by atoms with Gasteiger partial charge in [0.1, 0.15) is 17.4 Å². The molecule has 9 nitrogen and oxygen atoms in total. The van der Waals surface area contributed by atoms with Gasteiger partial charge in [-0.05, 0) is 42.8 Å². The number of hydrogen-bond acceptors (Lipinski definition) is 5. The maximum absolute atomic E-state index is 13.3. The van der Waals surface area contributed by atoms with Gasteiger partial charge in [-0.3, -0.25) is 14.0 Å². The zero-order chi connectivity index (χ0) is 24.2. The van der Waals surface area contributed by atoms with Crippen LogP contribution in [0.4, 0.5) is 14.5 Å². The zero-order valence-electron chi connectivity index (χ0n) is 17.7. The molecule has 0 radical (unpaired) electrons. The number of amides is 2. The Bertz CT molecular complexity index is 1430. The first-order valence-electron chi connectivity index (χ1n) is 10.2. The van der Waals surface area contributed by atoms with Crippen LogP contribution in [0.1, 0.15) is 27.1 Å². The van der Waals surface area contributed by atoms with Crippen LogP contribution in [0.5, 0.6) is 5.75 Å². The number of nitrogens with zero attached hydrogens (tertiary/aromatic N) is 3. The van der Waals surface area contributed by atoms with E-state index in [1.54, 1.807) is 24.4 Å². The summed E-state index contributed by atoms with van der Waals surface area (Å²) in [6.07, 6.45) is 2.04. The van der Waals surface area contributed by atoms with Gasteiger partial charge < -0.3 is 15.7 Å². The first kappa shape index (κ1) is 22.6. The van der Waals surface area contributed by atoms with Crippen molar-refractivity contribution in [2.24, 2.45) is 0 Å². The van der Waals surface area contributed by atoms with Crippen molar-refractivity contribution in [3.8, 4) is 5.75 Å². The second-order valence-corrected chi connectivity index (χ2v) is 7.39. The summed E-state index contributed by atoms with van der Waals surface area (Å²) in [6, 6.07) is 11.4. The summed E-state index contributed by atoms with van der Waals surface area (Å²) in [6.45, 7) is 0.515. The van der Waals surface area contributed by atoms with E-state index < -0.39 is 29.2 Å². The van der Waals surface area contributed by atoms with Crippen molar-refractivity contribution >= 4 is 23.1 Å². The number of carbonyl (C=O) groups excluding carboxylic acids is 2. The van der Waals surface area contributed by atoms with Crippen molar-refractivity contribution in [1.29, 1.82) is 0 Å². The Hall–Kier alpha value is -4.54. The molecule has 0 saturated carbocycles. The Morgan fingerprint density at radius 1 is 1.00 bits per heavy atom. The summed E-state index contributed by atoms with van der Waals surface area (Å²) in [5.74, 6) is -3.52. The quantitative estimate of drug-likeness (QED) is 0.361. The second-order valence-electron chi connectivity index (χ2n) is 7.39. The minimum atomic E-state index is -0.897. The minimum Gasteiger partial charge on any atom is -0.507 e. The number of anilines is 1. The standard InChI is InChI=1S/C23H19F2N5O4/c24-15-10-14(11-16(25)12-15)21(32)27-17-5-6-18(19(31)13-17)22(33)26-7-3-9-30-23(34)29-8-2-1-4-20(29)28-30/h1-2,4-6,8,10-13,31H,3,7,9H2,(H,26,33)(H,27,32). The summed E-state index contributed by atoms with van der Waals surface area (Å²) >= 11 is 0. The van der Waals surface area contributed by atoms with Crippen LogP contribution < -0.4 is 16.3 Å². The topological polar surface area (TPSA) is 118 Å². The van der Waals surface area contributed by atoms with Crippen LogP contribution in [0, 0.1) is 11.6 Å². The van der Waals surface area contributed by atoms with Gasteiger partial charge in [-0.25, -0.2) is 18.3 Å². The van der Waals surface area contributed by atoms with Gasteiger partial charge in [0.05, 0.1) is 5.56 Å². The predicted octanol–water partition coefficient (Wildman–Crippen LogP) is 2.55. The van der Waals surface area contributed by atoms with Crippen molar-refractivity contribution in [3.05, 3.63) is 94.0 Å². The van der Waals surface area contributed by atoms with E-state index in [1.807, 2.05) is 0 Å². The maximum Gasteiger partial charge on any atom is 0.350 e. The molecule has 174 valence electrons. The third-order valence-electron chi connectivity index (χ3n) is 4.95. The summed E-state index contributed by atoms with van der Waals surface area (Å²) in [7, 11) is 0. The highest BCUT2D eigenvalue weighted by molar-refractivity contribution is 6.05. The number of aromatic hydroxyl groups is 1. The van der Waals surface area contributed by atoms with E-state index in [9.17, 15) is 28.3 Å². The normalized spacial score (nSPS) is 10.9. The van der Waals surface area contributed by atoms with Gasteiger partial charge in [0, 0.05) is 42.7 Å². The van der Waals surface area contributed by atoms with Gasteiger partial charge in [0.2, 0.25) is 0 Å². The first-order valence-corrected chi connectivity index (χ1v) is 10.2. The molecule has 0 bridgehead atoms. The Labute approximate surface area is 191 Å². The third-order valence-corrected chi connectivity index (χ3v) is 4.95. The molecule has 0 atom stereocenters. The summed E-state index contributed by atoms with van der Waals surface area (Å²) in [5, 5.41) is 19.4. The van der Waals surface area contributed by atoms with Crippen molar-refractivity contribution in [2.75, 3.05) is 11.9 Å². The molecular weight excluding hydrogens is 448 g/mol. The van der Waals surface area contributed by atoms with Crippen LogP contribution in [0.15, 0.2) is 65.6 Å². The molecule has 0 fully saturated rings. The van der Waals surface area contributed by atoms with E-state index in [-0.39, 0.29) is 29.0 Å². The minimum absolute atomic E-state index is 0.0281. The van der Waals surface area contributed by atoms with E-state index in [0.29, 0.717) is 24.7 Å². The van der Waals surface area contributed by atoms with E-state index in [0.717, 1.165) is 18.2 Å². The lowest BCUT2D eigenvalue weighted by Crippen LogP contribution is -2.27. The second kappa shape index (κ2) is 9.53. The number of rotatable bonds is 7. The average Bonchev–Trinajstić information content (AvgIpc) is 3.11. The molecule has 11 heteroatoms. The fourth-order valence-electron chi connectivity index (χ4n) is 3.33. The van der Waals surface area contributed by atoms with E-state index in [2.05, 4.69) is 15.7 Å². The van der Waals surface area contributed by atoms with Crippen LogP contribution in [0.2, 0.25) is 0 Å². The highest BCUT2D eigenvalue weighted by Gasteiger charge is 2.14. The maximum atomic E-state index is 13.3. The molecule has 34 heavy (non-hydrogen) atoms. The van der Waals surface area contributed by atoms with Gasteiger partial charge in [0.25, 0.3) is 11.8 Å². The van der Waals surface area contributed by atoms with Gasteiger partial charge in [-0.2, -0.15) is 0 Å². The van der Waals surface area contributed by atoms with Crippen LogP contribution in [0.3, 0.4) is 0 Å². The Morgan fingerprint density at radius 2 is 1.76 bits per heavy atom. The smallest absolute Gasteiger partial charge is 0.350 e. The van der Waals surface area contributed by atoms with Gasteiger partial charge in [0.15, 0.2) is 5.65 Å². The molecule has 0 aliphatic heterocycles. The molecule has 0 saturated heterocycles. The number of hydrogen-bond donors (Lipinski definition) is 3. The summed E-state index contributed by atoms with van der Waals surface area (Å²) in [5.41, 5.74) is 0.118. The van der Waals surface area contributed by atoms with E-state index in [4.69, 9.17) is 0 Å². The lowest BCUT2D eigenvalue weighted by molar-refractivity contribution is 0.0949. The number of phenolic OH excluding ortho intramolecular Hbond substituents is 1. The summed E-state index contributed by atoms with van der Waals surface area (Å²) in [4.78, 5) is 36.8. The lowest BCUT2D eigenvalue weighted by atomic mass is 10.1. The Balaban J connectivity index is 1.33. The van der Waals surface area contributed by atoms with Gasteiger partial charge >= 0.3 is 5.69 Å². The van der Waals surface area contributed by atoms with Gasteiger partial charge in [-0.15, -0.1) is 5.10 Å². The number of benzene rings is 2. The highest BCUT2D eigenvalue weighted by atomic mass is 19.1. The molecule has 4 aromatic rings. The van der Waals surface area contributed by atoms with Crippen LogP contribution in [0.25, 0.3) is 5.65 Å². The number of pyridine rings is 1. The number of halogens is 2. The van der Waals surface area contributed by atoms with Crippen molar-refractivity contribution in [1.82, 2.24) is 19.5 Å². The number of carbonyl (C=O) groups is 2. The molecule has 2 amide bonds. The molecule has 0 aliphatic rings. The van der Waals surface area contributed by atoms with E-state index in [1.165, 1.54) is 21.2 Å². The van der Waals surface area contributed by atoms with E-state index >= 15 is 0 Å². The number of phenols is 1. The molecule has 2 aromatic heterocycles. The number of fused-ring (bicyclic) bond motifs is 1. The molecular formula is C23H19F2N5O4. The third kappa shape index (κ3) is 4.93. The van der Waals surface area contributed by atoms with Crippen molar-refractivity contribution in [2.45, 2.75) is 13.0 Å². The lowest BCUT2D eigenvalue weighted by Gasteiger charge is -2.10. The molecule has 0 spiro atoms. The van der Waals surface area contributed by atoms with Gasteiger partial charge in [-0.1, -0.05) is 6.07 Å². The highest BCUT2D eigenvalue weighted by Crippen LogP contribution is 2.22. The van der Waals surface area contributed by atoms with Crippen LogP contribution in [-0.4, -0.2) is 37.6 Å². The number of aromatic nitrogens is 3. The predicted molar refractivity (Wildman–Crippen MR) is 119 cm³/mol. The van der Waals surface area contributed by atoms with Crippen LogP contribution >= 0.6 is 0 Å². The Morgan fingerprint density at radius 3 is 2.47 bits per heavy atom. The first-order chi connectivity index (χ1) is 16.3. The number of aryl methyl sites for hydroxylation is 1. The zero-order valence-corrected chi connectivity index (χ0v) is 17.7. The fraction of sp³-hybridized carbons (Fsp3) is 0.130. The summed E-state index contributed by atoms with van der Waals surface area (Å²) < 4.78 is 29.3. The van der Waals surface area contributed by atoms with Crippen molar-refractivity contribution < 1.29 is 23.5 Å². The van der Waals surface area contributed by atoms with Crippen molar-refractivity contribution in [3.63, 3.8) is 0 Å². The fourth-order valence-corrected chi connectivity index (χ4v) is 3.33. The molecule has 0 unspecified atom stereocenters. The Kier molecular flexibility index (Phi) is 6.35. The largest absolute Gasteiger partial charge is 0.507 e. The monoisotopic (exact) mass is 467 g/mol. The number of nitrogens with one attached hydrogen (secondary N) is 2. The van der Waals surface area contributed by atoms with Crippen LogP contribution in [-0.2, 0) is 6.54 Å². The average molecular weight is 467 g/mol. The SMILES string of the molecule is O=C(Nc1ccc(C(=O)NCCCn2nc3ccccn3c2=O)c(O)c1)c1cc(F)cc(F)c1. The molecule has 2 aromatic carbocycles. The molecule has 3 N–H and O–H groups in total.